The number of halogens is 2. The third kappa shape index (κ3) is 4.92. The number of nitrogens with one attached hydrogen (secondary N) is 2. The van der Waals surface area contributed by atoms with Gasteiger partial charge in [0.1, 0.15) is 17.2 Å². The van der Waals surface area contributed by atoms with Gasteiger partial charge >= 0.3 is 0 Å². The lowest BCUT2D eigenvalue weighted by atomic mass is 9.83. The summed E-state index contributed by atoms with van der Waals surface area (Å²) < 4.78 is 29.5. The van der Waals surface area contributed by atoms with Crippen LogP contribution in [0.4, 0.5) is 26.4 Å². The first kappa shape index (κ1) is 22.9. The molecule has 2 aromatic heterocycles. The lowest BCUT2D eigenvalue weighted by Gasteiger charge is -2.34. The van der Waals surface area contributed by atoms with Gasteiger partial charge < -0.3 is 15.7 Å². The van der Waals surface area contributed by atoms with Gasteiger partial charge in [0, 0.05) is 18.2 Å². The molecule has 31 heavy (non-hydrogen) atoms. The van der Waals surface area contributed by atoms with Crippen LogP contribution in [-0.4, -0.2) is 36.3 Å². The molecule has 0 unspecified atom stereocenters. The maximum Gasteiger partial charge on any atom is 0.224 e. The first-order valence-corrected chi connectivity index (χ1v) is 10.2. The van der Waals surface area contributed by atoms with E-state index in [1.807, 2.05) is 25.3 Å². The van der Waals surface area contributed by atoms with Crippen molar-refractivity contribution in [1.82, 2.24) is 19.5 Å². The second-order valence-corrected chi connectivity index (χ2v) is 8.48. The highest BCUT2D eigenvalue weighted by molar-refractivity contribution is 5.76. The maximum absolute atomic E-state index is 14.3. The van der Waals surface area contributed by atoms with E-state index in [0.29, 0.717) is 35.9 Å². The molecule has 0 spiro atoms. The molecular weight excluding hydrogens is 402 g/mol. The van der Waals surface area contributed by atoms with Crippen LogP contribution in [-0.2, 0) is 0 Å². The van der Waals surface area contributed by atoms with Gasteiger partial charge in [-0.2, -0.15) is 4.98 Å². The van der Waals surface area contributed by atoms with E-state index in [0.717, 1.165) is 18.9 Å². The summed E-state index contributed by atoms with van der Waals surface area (Å²) in [6, 6.07) is 3.56. The molecule has 1 aliphatic carbocycles. The molecule has 9 heteroatoms. The summed E-state index contributed by atoms with van der Waals surface area (Å²) in [5, 5.41) is 16.5. The van der Waals surface area contributed by atoms with Gasteiger partial charge in [-0.15, -0.1) is 0 Å². The average molecular weight is 433 g/mol. The second-order valence-electron chi connectivity index (χ2n) is 8.48. The number of rotatable bonds is 5. The van der Waals surface area contributed by atoms with Crippen LogP contribution in [0.2, 0.25) is 0 Å². The number of anilines is 3. The van der Waals surface area contributed by atoms with E-state index < -0.39 is 17.2 Å². The Hall–Kier alpha value is -2.81. The van der Waals surface area contributed by atoms with Crippen molar-refractivity contribution in [3.8, 4) is 0 Å². The molecule has 2 heterocycles. The zero-order valence-electron chi connectivity index (χ0n) is 17.3. The van der Waals surface area contributed by atoms with Crippen molar-refractivity contribution in [2.45, 2.75) is 71.6 Å². The van der Waals surface area contributed by atoms with Gasteiger partial charge in [0.05, 0.1) is 17.5 Å². The van der Waals surface area contributed by atoms with Crippen molar-refractivity contribution < 1.29 is 13.9 Å². The van der Waals surface area contributed by atoms with Gasteiger partial charge in [0.15, 0.2) is 5.65 Å². The molecule has 0 bridgehead atoms. The fourth-order valence-electron chi connectivity index (χ4n) is 3.85. The van der Waals surface area contributed by atoms with E-state index in [-0.39, 0.29) is 25.2 Å². The summed E-state index contributed by atoms with van der Waals surface area (Å²) in [6.45, 7) is 5.84. The highest BCUT2D eigenvalue weighted by Crippen LogP contribution is 2.38. The third-order valence-electron chi connectivity index (χ3n) is 5.43. The van der Waals surface area contributed by atoms with Crippen LogP contribution in [0.15, 0.2) is 24.4 Å². The van der Waals surface area contributed by atoms with Crippen molar-refractivity contribution in [3.05, 3.63) is 36.0 Å². The first-order chi connectivity index (χ1) is 14.2. The predicted octanol–water partition coefficient (Wildman–Crippen LogP) is 5.17. The Labute approximate surface area is 180 Å². The summed E-state index contributed by atoms with van der Waals surface area (Å²) in [5.41, 5.74) is 0.642. The van der Waals surface area contributed by atoms with E-state index in [1.54, 1.807) is 6.20 Å². The molecule has 0 saturated heterocycles. The number of nitrogens with zero attached hydrogens (tertiary/aromatic N) is 4. The zero-order chi connectivity index (χ0) is 21.5. The number of fused-ring (bicyclic) bond motifs is 1. The summed E-state index contributed by atoms with van der Waals surface area (Å²) in [7, 11) is 0. The summed E-state index contributed by atoms with van der Waals surface area (Å²) in [4.78, 5) is 13.5. The van der Waals surface area contributed by atoms with E-state index in [2.05, 4.69) is 25.6 Å². The van der Waals surface area contributed by atoms with Crippen LogP contribution in [0.5, 0.6) is 0 Å². The molecule has 7 nitrogen and oxygen atoms in total. The summed E-state index contributed by atoms with van der Waals surface area (Å²) in [5.74, 6) is -0.441. The van der Waals surface area contributed by atoms with E-state index in [9.17, 15) is 13.9 Å². The summed E-state index contributed by atoms with van der Waals surface area (Å²) >= 11 is 0. The summed E-state index contributed by atoms with van der Waals surface area (Å²) in [6.07, 6.45) is 4.38. The highest BCUT2D eigenvalue weighted by atomic mass is 19.1. The van der Waals surface area contributed by atoms with Crippen molar-refractivity contribution in [2.75, 3.05) is 10.6 Å². The Morgan fingerprint density at radius 1 is 1.19 bits per heavy atom. The van der Waals surface area contributed by atoms with Gasteiger partial charge in [-0.05, 0) is 58.6 Å². The van der Waals surface area contributed by atoms with Crippen LogP contribution >= 0.6 is 0 Å². The van der Waals surface area contributed by atoms with E-state index in [4.69, 9.17) is 0 Å². The van der Waals surface area contributed by atoms with Crippen molar-refractivity contribution in [2.24, 2.45) is 0 Å². The molecule has 0 atom stereocenters. The smallest absolute Gasteiger partial charge is 0.224 e. The Balaban J connectivity index is 0.00000272. The van der Waals surface area contributed by atoms with Crippen LogP contribution in [0.3, 0.4) is 0 Å². The Bertz CT molecular complexity index is 1060. The van der Waals surface area contributed by atoms with E-state index >= 15 is 0 Å². The Kier molecular flexibility index (Phi) is 6.45. The fraction of sp³-hybridized carbons (Fsp3) is 0.500. The molecule has 3 aromatic rings. The lowest BCUT2D eigenvalue weighted by molar-refractivity contribution is 0.0105. The fourth-order valence-corrected chi connectivity index (χ4v) is 3.85. The highest BCUT2D eigenvalue weighted by Gasteiger charge is 2.32. The Morgan fingerprint density at radius 2 is 1.90 bits per heavy atom. The number of benzene rings is 1. The van der Waals surface area contributed by atoms with Crippen LogP contribution < -0.4 is 10.6 Å². The van der Waals surface area contributed by atoms with Crippen LogP contribution in [0.25, 0.3) is 11.2 Å². The molecular formula is C22H30F2N6O. The number of imidazole rings is 1. The topological polar surface area (TPSA) is 87.9 Å². The largest absolute Gasteiger partial charge is 0.390 e. The van der Waals surface area contributed by atoms with Gasteiger partial charge in [0.2, 0.25) is 11.9 Å². The molecule has 4 rings (SSSR count). The molecule has 1 aliphatic rings. The minimum absolute atomic E-state index is 0. The second kappa shape index (κ2) is 8.74. The Morgan fingerprint density at radius 3 is 2.55 bits per heavy atom. The zero-order valence-corrected chi connectivity index (χ0v) is 17.3. The van der Waals surface area contributed by atoms with Gasteiger partial charge in [0.25, 0.3) is 0 Å². The molecule has 0 radical (unpaired) electrons. The molecule has 0 amide bonds. The minimum atomic E-state index is -0.701. The van der Waals surface area contributed by atoms with Crippen molar-refractivity contribution in [3.63, 3.8) is 0 Å². The SMILES string of the molecule is C.CC(C)Nc1ncc2nc(Nc3ccc(F)cc3F)n(C3CCC(C)(O)CC3)c2n1. The maximum atomic E-state index is 14.3. The number of aromatic nitrogens is 4. The first-order valence-electron chi connectivity index (χ1n) is 10.2. The van der Waals surface area contributed by atoms with Gasteiger partial charge in [-0.3, -0.25) is 4.57 Å². The predicted molar refractivity (Wildman–Crippen MR) is 119 cm³/mol. The van der Waals surface area contributed by atoms with Gasteiger partial charge in [-0.1, -0.05) is 7.43 Å². The normalized spacial score (nSPS) is 21.2. The van der Waals surface area contributed by atoms with Crippen molar-refractivity contribution in [1.29, 1.82) is 0 Å². The molecule has 3 N–H and O–H groups in total. The molecule has 1 aromatic carbocycles. The van der Waals surface area contributed by atoms with Crippen LogP contribution in [0.1, 0.15) is 59.9 Å². The molecule has 1 fully saturated rings. The van der Waals surface area contributed by atoms with Crippen LogP contribution in [0, 0.1) is 11.6 Å². The number of hydrogen-bond donors (Lipinski definition) is 3. The third-order valence-corrected chi connectivity index (χ3v) is 5.43. The van der Waals surface area contributed by atoms with Gasteiger partial charge in [-0.25, -0.2) is 18.7 Å². The minimum Gasteiger partial charge on any atom is -0.390 e. The lowest BCUT2D eigenvalue weighted by Crippen LogP contribution is -2.31. The van der Waals surface area contributed by atoms with E-state index in [1.165, 1.54) is 12.1 Å². The standard InChI is InChI=1S/C21H26F2N6O.CH4/c1-12(2)25-19-24-11-17-18(28-19)29(14-6-8-21(3,30)9-7-14)20(27-17)26-16-5-4-13(22)10-15(16)23;/h4-5,10-12,14,30H,6-9H2,1-3H3,(H,26,27)(H,24,25,28);1H4. The quantitative estimate of drug-likeness (QED) is 0.515. The van der Waals surface area contributed by atoms with Crippen molar-refractivity contribution >= 4 is 28.7 Å². The monoisotopic (exact) mass is 432 g/mol. The molecule has 1 saturated carbocycles. The number of aliphatic hydroxyl groups is 1. The molecule has 168 valence electrons. The molecule has 0 aliphatic heterocycles. The average Bonchev–Trinajstić information content (AvgIpc) is 3.01. The number of hydrogen-bond acceptors (Lipinski definition) is 6.